The molecule has 0 radical (unpaired) electrons. The third kappa shape index (κ3) is 1.29. The molecule has 0 bridgehead atoms. The lowest BCUT2D eigenvalue weighted by atomic mass is 10.1. The van der Waals surface area contributed by atoms with Gasteiger partial charge in [-0.3, -0.25) is 0 Å². The Morgan fingerprint density at radius 3 is 3.00 bits per heavy atom. The van der Waals surface area contributed by atoms with Crippen molar-refractivity contribution >= 4 is 19.6 Å². The van der Waals surface area contributed by atoms with E-state index in [4.69, 9.17) is 5.73 Å². The van der Waals surface area contributed by atoms with Crippen LogP contribution in [0.1, 0.15) is 6.42 Å². The molecule has 0 aliphatic carbocycles. The molecule has 0 amide bonds. The van der Waals surface area contributed by atoms with Crippen molar-refractivity contribution in [2.75, 3.05) is 6.54 Å². The fraction of sp³-hybridized carbons (Fsp3) is 0.600. The summed E-state index contributed by atoms with van der Waals surface area (Å²) in [5.74, 6) is 0. The van der Waals surface area contributed by atoms with Crippen LogP contribution in [0.2, 0.25) is 0 Å². The lowest BCUT2D eigenvalue weighted by Gasteiger charge is -2.02. The summed E-state index contributed by atoms with van der Waals surface area (Å²) in [5, 5.41) is 0.676. The van der Waals surface area contributed by atoms with Gasteiger partial charge in [-0.25, -0.2) is 0 Å². The molecule has 2 N–H and O–H groups in total. The molecule has 0 aromatic rings. The highest BCUT2D eigenvalue weighted by Gasteiger charge is 2.11. The lowest BCUT2D eigenvalue weighted by molar-refractivity contribution is 0.889. The Morgan fingerprint density at radius 2 is 2.75 bits per heavy atom. The van der Waals surface area contributed by atoms with Crippen molar-refractivity contribution < 1.29 is 0 Å². The molecule has 1 rings (SSSR count). The van der Waals surface area contributed by atoms with Crippen LogP contribution in [0.25, 0.3) is 0 Å². The van der Waals surface area contributed by atoms with Crippen molar-refractivity contribution in [3.63, 3.8) is 0 Å². The van der Waals surface area contributed by atoms with E-state index in [9.17, 15) is 0 Å². The average Bonchev–Trinajstić information content (AvgIpc) is 2.14. The molecular weight excluding hydrogens is 117 g/mol. The van der Waals surface area contributed by atoms with Crippen molar-refractivity contribution in [1.29, 1.82) is 0 Å². The van der Waals surface area contributed by atoms with Gasteiger partial charge in [0.2, 0.25) is 0 Å². The molecule has 0 spiro atoms. The van der Waals surface area contributed by atoms with E-state index < -0.39 is 0 Å². The van der Waals surface area contributed by atoms with Gasteiger partial charge in [0.25, 0.3) is 0 Å². The Hall–Kier alpha value is 0.115. The highest BCUT2D eigenvalue weighted by molar-refractivity contribution is 8.05. The first-order valence-corrected chi connectivity index (χ1v) is 3.74. The first-order chi connectivity index (χ1) is 3.83. The lowest BCUT2D eigenvalue weighted by Crippen LogP contribution is -2.13. The highest BCUT2D eigenvalue weighted by Crippen LogP contribution is 2.28. The number of hydrogen-bond donors (Lipinski definition) is 1. The quantitative estimate of drug-likeness (QED) is 0.499. The van der Waals surface area contributed by atoms with Gasteiger partial charge in [-0.15, -0.1) is 11.8 Å². The number of thioether (sulfide) groups is 1. The number of nitrogens with two attached hydrogens (primary N) is 1. The van der Waals surface area contributed by atoms with Crippen LogP contribution in [-0.4, -0.2) is 19.6 Å². The monoisotopic (exact) mass is 127 g/mol. The summed E-state index contributed by atoms with van der Waals surface area (Å²) in [6.45, 7) is 0.818. The van der Waals surface area contributed by atoms with Gasteiger partial charge < -0.3 is 5.73 Å². The summed E-state index contributed by atoms with van der Waals surface area (Å²) >= 11 is 1.90. The van der Waals surface area contributed by atoms with Crippen molar-refractivity contribution in [2.24, 2.45) is 5.73 Å². The summed E-state index contributed by atoms with van der Waals surface area (Å²) in [4.78, 5) is 1.43. The third-order valence-corrected chi connectivity index (χ3v) is 2.54. The molecule has 1 nitrogen and oxygen atoms in total. The van der Waals surface area contributed by atoms with Gasteiger partial charge in [0.05, 0.1) is 0 Å². The molecule has 1 aliphatic rings. The number of allylic oxidation sites excluding steroid dienone is 1. The zero-order valence-electron chi connectivity index (χ0n) is 5.05. The molecule has 1 aliphatic heterocycles. The van der Waals surface area contributed by atoms with Gasteiger partial charge in [0, 0.05) is 11.8 Å². The molecular formula is C5H10BNS. The van der Waals surface area contributed by atoms with Crippen LogP contribution < -0.4 is 5.73 Å². The number of rotatable bonds is 1. The van der Waals surface area contributed by atoms with Gasteiger partial charge in [0.1, 0.15) is 7.85 Å². The first-order valence-electron chi connectivity index (χ1n) is 2.86. The molecule has 44 valence electrons. The van der Waals surface area contributed by atoms with Crippen LogP contribution >= 0.6 is 11.8 Å². The fourth-order valence-corrected chi connectivity index (χ4v) is 1.81. The van der Waals surface area contributed by atoms with E-state index in [0.717, 1.165) is 6.54 Å². The smallest absolute Gasteiger partial charge is 0.147 e. The Bertz CT molecular complexity index is 113. The van der Waals surface area contributed by atoms with Crippen LogP contribution in [0.5, 0.6) is 0 Å². The maximum atomic E-state index is 5.44. The van der Waals surface area contributed by atoms with E-state index in [1.54, 1.807) is 0 Å². The normalized spacial score (nSPS) is 28.1. The topological polar surface area (TPSA) is 26.0 Å². The summed E-state index contributed by atoms with van der Waals surface area (Å²) in [6.07, 6.45) is 3.43. The molecule has 0 aromatic heterocycles. The second-order valence-corrected chi connectivity index (χ2v) is 3.57. The molecule has 1 heterocycles. The standard InChI is InChI=1S/C5H10BNS/c6-5-2-1-4(3-7)8-5/h2,4H,1,3,6-7H2. The molecule has 0 fully saturated rings. The van der Waals surface area contributed by atoms with Gasteiger partial charge in [-0.05, 0) is 6.42 Å². The average molecular weight is 127 g/mol. The van der Waals surface area contributed by atoms with Crippen molar-refractivity contribution in [3.8, 4) is 0 Å². The van der Waals surface area contributed by atoms with Gasteiger partial charge in [0.15, 0.2) is 0 Å². The van der Waals surface area contributed by atoms with Gasteiger partial charge in [-0.1, -0.05) is 10.9 Å². The predicted molar refractivity (Wildman–Crippen MR) is 41.7 cm³/mol. The molecule has 1 unspecified atom stereocenters. The second-order valence-electron chi connectivity index (χ2n) is 2.03. The van der Waals surface area contributed by atoms with E-state index in [0.29, 0.717) is 5.25 Å². The minimum Gasteiger partial charge on any atom is -0.329 e. The highest BCUT2D eigenvalue weighted by atomic mass is 32.2. The summed E-state index contributed by atoms with van der Waals surface area (Å²) in [6, 6.07) is 0. The Labute approximate surface area is 55.1 Å². The van der Waals surface area contributed by atoms with Gasteiger partial charge in [-0.2, -0.15) is 0 Å². The maximum absolute atomic E-state index is 5.44. The largest absolute Gasteiger partial charge is 0.329 e. The van der Waals surface area contributed by atoms with E-state index in [-0.39, 0.29) is 0 Å². The van der Waals surface area contributed by atoms with E-state index >= 15 is 0 Å². The molecule has 1 atom stereocenters. The van der Waals surface area contributed by atoms with Crippen molar-refractivity contribution in [1.82, 2.24) is 0 Å². The molecule has 0 saturated heterocycles. The summed E-state index contributed by atoms with van der Waals surface area (Å²) in [5.41, 5.74) is 5.44. The Kier molecular flexibility index (Phi) is 2.03. The Morgan fingerprint density at radius 1 is 2.00 bits per heavy atom. The van der Waals surface area contributed by atoms with Crippen molar-refractivity contribution in [3.05, 3.63) is 10.9 Å². The predicted octanol–water partition coefficient (Wildman–Crippen LogP) is -0.0749. The van der Waals surface area contributed by atoms with Crippen molar-refractivity contribution in [2.45, 2.75) is 11.7 Å². The minimum atomic E-state index is 0.676. The Balaban J connectivity index is 2.32. The number of hydrogen-bond acceptors (Lipinski definition) is 2. The zero-order valence-corrected chi connectivity index (χ0v) is 5.87. The SMILES string of the molecule is BC1=CCC(CN)S1. The molecule has 0 aromatic carbocycles. The zero-order chi connectivity index (χ0) is 5.98. The summed E-state index contributed by atoms with van der Waals surface area (Å²) in [7, 11) is 2.14. The maximum Gasteiger partial charge on any atom is 0.147 e. The van der Waals surface area contributed by atoms with Crippen LogP contribution in [0, 0.1) is 0 Å². The van der Waals surface area contributed by atoms with Crippen LogP contribution in [0.4, 0.5) is 0 Å². The fourth-order valence-electron chi connectivity index (χ4n) is 0.801. The molecule has 8 heavy (non-hydrogen) atoms. The molecule has 0 saturated carbocycles. The van der Waals surface area contributed by atoms with Crippen LogP contribution in [0.15, 0.2) is 10.9 Å². The van der Waals surface area contributed by atoms with E-state index in [2.05, 4.69) is 13.9 Å². The van der Waals surface area contributed by atoms with E-state index in [1.807, 2.05) is 11.8 Å². The second kappa shape index (κ2) is 2.60. The van der Waals surface area contributed by atoms with Crippen LogP contribution in [0.3, 0.4) is 0 Å². The molecule has 3 heteroatoms. The minimum absolute atomic E-state index is 0.676. The first kappa shape index (κ1) is 6.24. The third-order valence-electron chi connectivity index (χ3n) is 1.28. The van der Waals surface area contributed by atoms with Gasteiger partial charge >= 0.3 is 0 Å². The van der Waals surface area contributed by atoms with Crippen LogP contribution in [-0.2, 0) is 0 Å². The summed E-state index contributed by atoms with van der Waals surface area (Å²) < 4.78 is 0. The van der Waals surface area contributed by atoms with E-state index in [1.165, 1.54) is 11.2 Å².